The van der Waals surface area contributed by atoms with Gasteiger partial charge in [0, 0.05) is 25.6 Å². The van der Waals surface area contributed by atoms with Crippen LogP contribution in [0, 0.1) is 0 Å². The topological polar surface area (TPSA) is 9.23 Å². The Bertz CT molecular complexity index is 870. The van der Waals surface area contributed by atoms with E-state index < -0.39 is 0 Å². The fourth-order valence-corrected chi connectivity index (χ4v) is 4.95. The minimum absolute atomic E-state index is 0.928. The van der Waals surface area contributed by atoms with Gasteiger partial charge in [-0.05, 0) is 24.3 Å². The molecule has 18 heavy (non-hydrogen) atoms. The van der Waals surface area contributed by atoms with Gasteiger partial charge < -0.3 is 4.74 Å². The summed E-state index contributed by atoms with van der Waals surface area (Å²) in [6, 6.07) is 14.9. The molecule has 2 aromatic carbocycles. The third kappa shape index (κ3) is 1.32. The maximum Gasteiger partial charge on any atom is 0.119 e. The molecule has 0 bridgehead atoms. The quantitative estimate of drug-likeness (QED) is 0.457. The zero-order valence-corrected chi connectivity index (χ0v) is 11.4. The molecule has 88 valence electrons. The number of ether oxygens (including phenoxy) is 1. The fraction of sp³-hybridized carbons (Fsp3) is 0.0667. The minimum atomic E-state index is 0.928. The van der Waals surface area contributed by atoms with Gasteiger partial charge in [0.05, 0.1) is 11.1 Å². The number of hydrogen-bond donors (Lipinski definition) is 0. The first-order chi connectivity index (χ1) is 8.86. The SMILES string of the molecule is COc1ccc2sc3sc4ccccc4c3c2c1. The highest BCUT2D eigenvalue weighted by atomic mass is 32.2. The Morgan fingerprint density at radius 3 is 2.50 bits per heavy atom. The molecule has 4 rings (SSSR count). The molecule has 1 nitrogen and oxygen atoms in total. The predicted octanol–water partition coefficient (Wildman–Crippen LogP) is 5.28. The van der Waals surface area contributed by atoms with Gasteiger partial charge in [-0.2, -0.15) is 0 Å². The second-order valence-electron chi connectivity index (χ2n) is 4.22. The third-order valence-electron chi connectivity index (χ3n) is 3.22. The van der Waals surface area contributed by atoms with Gasteiger partial charge in [-0.25, -0.2) is 0 Å². The smallest absolute Gasteiger partial charge is 0.119 e. The average Bonchev–Trinajstić information content (AvgIpc) is 2.93. The number of fused-ring (bicyclic) bond motifs is 5. The predicted molar refractivity (Wildman–Crippen MR) is 81.3 cm³/mol. The normalized spacial score (nSPS) is 11.6. The maximum absolute atomic E-state index is 5.34. The lowest BCUT2D eigenvalue weighted by molar-refractivity contribution is 0.415. The Morgan fingerprint density at radius 1 is 0.889 bits per heavy atom. The van der Waals surface area contributed by atoms with Crippen LogP contribution in [-0.2, 0) is 0 Å². The van der Waals surface area contributed by atoms with Crippen molar-refractivity contribution in [2.75, 3.05) is 7.11 Å². The Balaban J connectivity index is 2.24. The Labute approximate surface area is 112 Å². The highest BCUT2D eigenvalue weighted by Crippen LogP contribution is 2.44. The van der Waals surface area contributed by atoms with Crippen molar-refractivity contribution in [2.24, 2.45) is 0 Å². The summed E-state index contributed by atoms with van der Waals surface area (Å²) in [6.45, 7) is 0. The number of methoxy groups -OCH3 is 1. The van der Waals surface area contributed by atoms with Crippen LogP contribution >= 0.6 is 22.7 Å². The van der Waals surface area contributed by atoms with Crippen molar-refractivity contribution in [2.45, 2.75) is 0 Å². The molecule has 0 unspecified atom stereocenters. The summed E-state index contributed by atoms with van der Waals surface area (Å²) >= 11 is 3.75. The van der Waals surface area contributed by atoms with Gasteiger partial charge in [0.1, 0.15) is 5.75 Å². The molecular weight excluding hydrogens is 260 g/mol. The van der Waals surface area contributed by atoms with E-state index in [0.717, 1.165) is 5.75 Å². The van der Waals surface area contributed by atoms with Crippen LogP contribution in [-0.4, -0.2) is 7.11 Å². The minimum Gasteiger partial charge on any atom is -0.497 e. The Morgan fingerprint density at radius 2 is 1.67 bits per heavy atom. The van der Waals surface area contributed by atoms with Gasteiger partial charge >= 0.3 is 0 Å². The second kappa shape index (κ2) is 3.70. The number of hydrogen-bond acceptors (Lipinski definition) is 3. The van der Waals surface area contributed by atoms with E-state index in [2.05, 4.69) is 36.4 Å². The van der Waals surface area contributed by atoms with E-state index in [4.69, 9.17) is 4.74 Å². The molecule has 0 saturated heterocycles. The average molecular weight is 270 g/mol. The fourth-order valence-electron chi connectivity index (χ4n) is 2.37. The number of benzene rings is 2. The van der Waals surface area contributed by atoms with Crippen LogP contribution in [0.25, 0.3) is 29.6 Å². The van der Waals surface area contributed by atoms with E-state index in [9.17, 15) is 0 Å². The van der Waals surface area contributed by atoms with Gasteiger partial charge in [0.25, 0.3) is 0 Å². The molecule has 0 fully saturated rings. The largest absolute Gasteiger partial charge is 0.497 e. The number of rotatable bonds is 1. The van der Waals surface area contributed by atoms with Crippen molar-refractivity contribution in [1.82, 2.24) is 0 Å². The molecule has 3 heteroatoms. The molecule has 0 radical (unpaired) electrons. The molecule has 0 aliphatic heterocycles. The molecule has 0 aliphatic carbocycles. The molecule has 0 atom stereocenters. The first-order valence-electron chi connectivity index (χ1n) is 5.74. The Kier molecular flexibility index (Phi) is 2.13. The molecule has 4 aromatic rings. The zero-order valence-electron chi connectivity index (χ0n) is 9.77. The summed E-state index contributed by atoms with van der Waals surface area (Å²) in [4.78, 5) is 0. The van der Waals surface area contributed by atoms with Crippen molar-refractivity contribution in [3.8, 4) is 5.75 Å². The first-order valence-corrected chi connectivity index (χ1v) is 7.38. The number of thiophene rings is 2. The molecule has 0 amide bonds. The summed E-state index contributed by atoms with van der Waals surface area (Å²) in [5, 5.41) is 4.05. The highest BCUT2D eigenvalue weighted by molar-refractivity contribution is 7.44. The molecule has 2 aromatic heterocycles. The lowest BCUT2D eigenvalue weighted by atomic mass is 10.1. The van der Waals surface area contributed by atoms with E-state index in [1.807, 2.05) is 28.7 Å². The molecule has 2 heterocycles. The van der Waals surface area contributed by atoms with Gasteiger partial charge in [0.15, 0.2) is 0 Å². The first kappa shape index (κ1) is 10.4. The molecule has 0 aliphatic rings. The van der Waals surface area contributed by atoms with Crippen LogP contribution < -0.4 is 4.74 Å². The summed E-state index contributed by atoms with van der Waals surface area (Å²) in [7, 11) is 1.72. The summed E-state index contributed by atoms with van der Waals surface area (Å²) in [5.41, 5.74) is 0. The van der Waals surface area contributed by atoms with Crippen molar-refractivity contribution in [1.29, 1.82) is 0 Å². The van der Waals surface area contributed by atoms with E-state index in [0.29, 0.717) is 0 Å². The lowest BCUT2D eigenvalue weighted by Crippen LogP contribution is -1.80. The zero-order chi connectivity index (χ0) is 12.1. The summed E-state index contributed by atoms with van der Waals surface area (Å²) < 4.78 is 9.44. The van der Waals surface area contributed by atoms with Gasteiger partial charge in [-0.15, -0.1) is 22.7 Å². The lowest BCUT2D eigenvalue weighted by Gasteiger charge is -1.99. The standard InChI is InChI=1S/C15H10OS2/c1-16-9-6-7-13-11(8-9)14-10-4-2-3-5-12(10)17-15(14)18-13/h2-8H,1H3. The van der Waals surface area contributed by atoms with Crippen LogP contribution in [0.15, 0.2) is 42.5 Å². The van der Waals surface area contributed by atoms with Crippen LogP contribution in [0.2, 0.25) is 0 Å². The van der Waals surface area contributed by atoms with Crippen LogP contribution in [0.5, 0.6) is 5.75 Å². The van der Waals surface area contributed by atoms with Crippen LogP contribution in [0.4, 0.5) is 0 Å². The molecular formula is C15H10OS2. The van der Waals surface area contributed by atoms with E-state index in [1.54, 1.807) is 7.11 Å². The monoisotopic (exact) mass is 270 g/mol. The van der Waals surface area contributed by atoms with E-state index in [1.165, 1.54) is 29.6 Å². The van der Waals surface area contributed by atoms with Crippen LogP contribution in [0.3, 0.4) is 0 Å². The summed E-state index contributed by atoms with van der Waals surface area (Å²) in [6.07, 6.45) is 0. The molecule has 0 N–H and O–H groups in total. The Hall–Kier alpha value is -1.58. The molecule has 0 saturated carbocycles. The van der Waals surface area contributed by atoms with Gasteiger partial charge in [0.2, 0.25) is 0 Å². The molecule has 0 spiro atoms. The van der Waals surface area contributed by atoms with Gasteiger partial charge in [-0.3, -0.25) is 0 Å². The third-order valence-corrected chi connectivity index (χ3v) is 5.65. The summed E-state index contributed by atoms with van der Waals surface area (Å²) in [5.74, 6) is 0.928. The van der Waals surface area contributed by atoms with E-state index >= 15 is 0 Å². The van der Waals surface area contributed by atoms with Crippen molar-refractivity contribution >= 4 is 52.2 Å². The second-order valence-corrected chi connectivity index (χ2v) is 6.59. The highest BCUT2D eigenvalue weighted by Gasteiger charge is 2.12. The van der Waals surface area contributed by atoms with Crippen LogP contribution in [0.1, 0.15) is 0 Å². The van der Waals surface area contributed by atoms with Crippen molar-refractivity contribution in [3.05, 3.63) is 42.5 Å². The van der Waals surface area contributed by atoms with Crippen molar-refractivity contribution in [3.63, 3.8) is 0 Å². The maximum atomic E-state index is 5.34. The van der Waals surface area contributed by atoms with E-state index in [-0.39, 0.29) is 0 Å². The van der Waals surface area contributed by atoms with Gasteiger partial charge in [-0.1, -0.05) is 18.2 Å². The van der Waals surface area contributed by atoms with Crippen molar-refractivity contribution < 1.29 is 4.74 Å².